The van der Waals surface area contributed by atoms with Gasteiger partial charge >= 0.3 is 5.97 Å². The van der Waals surface area contributed by atoms with Crippen molar-refractivity contribution in [3.63, 3.8) is 0 Å². The van der Waals surface area contributed by atoms with Crippen molar-refractivity contribution in [2.45, 2.75) is 19.0 Å². The van der Waals surface area contributed by atoms with E-state index in [-0.39, 0.29) is 12.5 Å². The van der Waals surface area contributed by atoms with Crippen LogP contribution in [0.1, 0.15) is 23.1 Å². The average Bonchev–Trinajstić information content (AvgIpc) is 2.94. The summed E-state index contributed by atoms with van der Waals surface area (Å²) < 4.78 is 6.04. The van der Waals surface area contributed by atoms with Crippen LogP contribution in [0.15, 0.2) is 38.7 Å². The highest BCUT2D eigenvalue weighted by Gasteiger charge is 2.16. The molecule has 0 spiro atoms. The van der Waals surface area contributed by atoms with E-state index < -0.39 is 5.97 Å². The van der Waals surface area contributed by atoms with Crippen LogP contribution in [0, 0.1) is 0 Å². The molecule has 0 bridgehead atoms. The molecule has 0 aliphatic carbocycles. The van der Waals surface area contributed by atoms with E-state index in [2.05, 4.69) is 21.2 Å². The monoisotopic (exact) mass is 329 g/mol. The summed E-state index contributed by atoms with van der Waals surface area (Å²) in [5.74, 6) is -0.0460. The first kappa shape index (κ1) is 13.3. The maximum absolute atomic E-state index is 10.9. The number of rotatable bonds is 6. The summed E-state index contributed by atoms with van der Waals surface area (Å²) in [6.45, 7) is 0.501. The van der Waals surface area contributed by atoms with Gasteiger partial charge in [-0.15, -0.1) is 11.3 Å². The third-order valence-corrected chi connectivity index (χ3v) is 3.83. The van der Waals surface area contributed by atoms with E-state index in [9.17, 15) is 4.79 Å². The average molecular weight is 330 g/mol. The number of thiophene rings is 1. The predicted molar refractivity (Wildman–Crippen MR) is 72.6 cm³/mol. The smallest absolute Gasteiger partial charge is 0.305 e. The molecule has 2 aromatic heterocycles. The molecular weight excluding hydrogens is 318 g/mol. The van der Waals surface area contributed by atoms with E-state index in [0.29, 0.717) is 11.2 Å². The van der Waals surface area contributed by atoms with Crippen LogP contribution >= 0.6 is 27.3 Å². The van der Waals surface area contributed by atoms with E-state index >= 15 is 0 Å². The van der Waals surface area contributed by atoms with Gasteiger partial charge < -0.3 is 14.8 Å². The Bertz CT molecular complexity index is 509. The van der Waals surface area contributed by atoms with Gasteiger partial charge in [0.25, 0.3) is 0 Å². The van der Waals surface area contributed by atoms with Gasteiger partial charge in [0.05, 0.1) is 19.0 Å². The lowest BCUT2D eigenvalue weighted by molar-refractivity contribution is -0.137. The molecule has 2 aromatic rings. The Kier molecular flexibility index (Phi) is 4.57. The van der Waals surface area contributed by atoms with Crippen LogP contribution in [0.5, 0.6) is 0 Å². The highest BCUT2D eigenvalue weighted by atomic mass is 79.9. The summed E-state index contributed by atoms with van der Waals surface area (Å²) in [5.41, 5.74) is 0. The van der Waals surface area contributed by atoms with Crippen LogP contribution in [0.2, 0.25) is 0 Å². The molecule has 0 aliphatic heterocycles. The number of nitrogens with one attached hydrogen (secondary N) is 1. The van der Waals surface area contributed by atoms with Gasteiger partial charge in [0.1, 0.15) is 5.76 Å². The Balaban J connectivity index is 1.99. The van der Waals surface area contributed by atoms with Gasteiger partial charge in [-0.05, 0) is 39.5 Å². The summed E-state index contributed by atoms with van der Waals surface area (Å²) in [7, 11) is 0. The zero-order valence-electron chi connectivity index (χ0n) is 9.43. The highest BCUT2D eigenvalue weighted by molar-refractivity contribution is 9.10. The summed E-state index contributed by atoms with van der Waals surface area (Å²) in [4.78, 5) is 11.9. The van der Waals surface area contributed by atoms with Crippen LogP contribution in [0.3, 0.4) is 0 Å². The minimum atomic E-state index is -0.818. The fourth-order valence-electron chi connectivity index (χ4n) is 1.61. The number of aliphatic carboxylic acids is 1. The van der Waals surface area contributed by atoms with Crippen LogP contribution in [0.4, 0.5) is 0 Å². The zero-order valence-corrected chi connectivity index (χ0v) is 11.8. The van der Waals surface area contributed by atoms with Crippen LogP contribution in [0.25, 0.3) is 0 Å². The van der Waals surface area contributed by atoms with Gasteiger partial charge in [-0.25, -0.2) is 0 Å². The Labute approximate surface area is 117 Å². The van der Waals surface area contributed by atoms with E-state index in [1.807, 2.05) is 29.6 Å². The molecule has 0 fully saturated rings. The van der Waals surface area contributed by atoms with Gasteiger partial charge in [-0.3, -0.25) is 4.79 Å². The van der Waals surface area contributed by atoms with Crippen molar-refractivity contribution in [1.29, 1.82) is 0 Å². The van der Waals surface area contributed by atoms with Gasteiger partial charge in [-0.2, -0.15) is 0 Å². The molecule has 0 saturated carbocycles. The quantitative estimate of drug-likeness (QED) is 0.852. The van der Waals surface area contributed by atoms with Crippen LogP contribution in [-0.2, 0) is 11.3 Å². The zero-order chi connectivity index (χ0) is 13.0. The number of hydrogen-bond donors (Lipinski definition) is 2. The number of hydrogen-bond acceptors (Lipinski definition) is 4. The number of furan rings is 1. The molecule has 0 aliphatic rings. The number of carboxylic acids is 1. The Morgan fingerprint density at radius 3 is 2.89 bits per heavy atom. The maximum atomic E-state index is 10.9. The predicted octanol–water partition coefficient (Wildman–Crippen LogP) is 3.41. The van der Waals surface area contributed by atoms with E-state index in [4.69, 9.17) is 9.52 Å². The molecule has 0 amide bonds. The van der Waals surface area contributed by atoms with Crippen molar-refractivity contribution in [2.75, 3.05) is 0 Å². The molecule has 0 saturated heterocycles. The van der Waals surface area contributed by atoms with Crippen molar-refractivity contribution in [3.05, 3.63) is 45.0 Å². The topological polar surface area (TPSA) is 62.5 Å². The lowest BCUT2D eigenvalue weighted by Gasteiger charge is -2.14. The van der Waals surface area contributed by atoms with Crippen LogP contribution < -0.4 is 5.32 Å². The van der Waals surface area contributed by atoms with Crippen molar-refractivity contribution < 1.29 is 14.3 Å². The fourth-order valence-corrected chi connectivity index (χ4v) is 2.75. The van der Waals surface area contributed by atoms with Crippen LogP contribution in [-0.4, -0.2) is 11.1 Å². The second kappa shape index (κ2) is 6.17. The number of carbonyl (C=O) groups is 1. The summed E-state index contributed by atoms with van der Waals surface area (Å²) in [6.07, 6.45) is 0.0579. The molecule has 18 heavy (non-hydrogen) atoms. The van der Waals surface area contributed by atoms with Gasteiger partial charge in [-0.1, -0.05) is 6.07 Å². The molecule has 0 radical (unpaired) electrons. The lowest BCUT2D eigenvalue weighted by Crippen LogP contribution is -2.22. The second-order valence-corrected chi connectivity index (χ2v) is 5.51. The fraction of sp³-hybridized carbons (Fsp3) is 0.250. The molecule has 96 valence electrons. The SMILES string of the molecule is O=C(O)CC(NCc1ccc(Br)o1)c1cccs1. The molecule has 0 aromatic carbocycles. The third-order valence-electron chi connectivity index (χ3n) is 2.42. The number of carboxylic acid groups (broad SMARTS) is 1. The Morgan fingerprint density at radius 1 is 1.50 bits per heavy atom. The number of halogens is 1. The Morgan fingerprint density at radius 2 is 2.33 bits per heavy atom. The molecule has 1 atom stereocenters. The maximum Gasteiger partial charge on any atom is 0.305 e. The van der Waals surface area contributed by atoms with Gasteiger partial charge in [0.15, 0.2) is 4.67 Å². The Hall–Kier alpha value is -1.11. The van der Waals surface area contributed by atoms with Crippen molar-refractivity contribution in [2.24, 2.45) is 0 Å². The van der Waals surface area contributed by atoms with E-state index in [1.54, 1.807) is 11.3 Å². The third kappa shape index (κ3) is 3.69. The molecule has 2 N–H and O–H groups in total. The minimum Gasteiger partial charge on any atom is -0.481 e. The first-order valence-electron chi connectivity index (χ1n) is 5.38. The van der Waals surface area contributed by atoms with E-state index in [0.717, 1.165) is 10.6 Å². The summed E-state index contributed by atoms with van der Waals surface area (Å²) >= 11 is 4.78. The normalized spacial score (nSPS) is 12.5. The van der Waals surface area contributed by atoms with E-state index in [1.165, 1.54) is 0 Å². The molecular formula is C12H12BrNO3S. The first-order valence-corrected chi connectivity index (χ1v) is 7.05. The van der Waals surface area contributed by atoms with Crippen molar-refractivity contribution >= 4 is 33.2 Å². The largest absolute Gasteiger partial charge is 0.481 e. The standard InChI is InChI=1S/C12H12BrNO3S/c13-11-4-3-8(17-11)7-14-9(6-12(15)16)10-2-1-5-18-10/h1-5,9,14H,6-7H2,(H,15,16). The molecule has 1 unspecified atom stereocenters. The van der Waals surface area contributed by atoms with Crippen molar-refractivity contribution in [3.8, 4) is 0 Å². The summed E-state index contributed by atoms with van der Waals surface area (Å²) in [5, 5.41) is 14.1. The van der Waals surface area contributed by atoms with Gasteiger partial charge in [0, 0.05) is 4.88 Å². The van der Waals surface area contributed by atoms with Gasteiger partial charge in [0.2, 0.25) is 0 Å². The second-order valence-electron chi connectivity index (χ2n) is 3.75. The molecule has 4 nitrogen and oxygen atoms in total. The molecule has 2 heterocycles. The minimum absolute atomic E-state index is 0.0579. The molecule has 2 rings (SSSR count). The first-order chi connectivity index (χ1) is 8.65. The lowest BCUT2D eigenvalue weighted by atomic mass is 10.1. The summed E-state index contributed by atoms with van der Waals surface area (Å²) in [6, 6.07) is 7.33. The van der Waals surface area contributed by atoms with Crippen molar-refractivity contribution in [1.82, 2.24) is 5.32 Å². The molecule has 6 heteroatoms. The highest BCUT2D eigenvalue weighted by Crippen LogP contribution is 2.23.